The summed E-state index contributed by atoms with van der Waals surface area (Å²) in [6.07, 6.45) is 0.517. The van der Waals surface area contributed by atoms with Gasteiger partial charge >= 0.3 is 0 Å². The molecule has 2 amide bonds. The lowest BCUT2D eigenvalue weighted by molar-refractivity contribution is -0.133. The third-order valence-corrected chi connectivity index (χ3v) is 5.32. The van der Waals surface area contributed by atoms with Crippen LogP contribution in [0.4, 0.5) is 5.82 Å². The fraction of sp³-hybridized carbons (Fsp3) is 0.667. The number of amides is 2. The van der Waals surface area contributed by atoms with Gasteiger partial charge in [0.15, 0.2) is 5.16 Å². The number of hydrogen-bond donors (Lipinski definition) is 1. The molecule has 1 saturated heterocycles. The third kappa shape index (κ3) is 6.53. The Morgan fingerprint density at radius 3 is 2.74 bits per heavy atom. The van der Waals surface area contributed by atoms with Crippen LogP contribution in [0.3, 0.4) is 0 Å². The van der Waals surface area contributed by atoms with E-state index in [9.17, 15) is 9.59 Å². The van der Waals surface area contributed by atoms with Crippen LogP contribution in [0.5, 0.6) is 0 Å². The Balaban J connectivity index is 1.99. The molecule has 0 radical (unpaired) electrons. The Bertz CT molecular complexity index is 673. The van der Waals surface area contributed by atoms with Gasteiger partial charge in [0.25, 0.3) is 0 Å². The summed E-state index contributed by atoms with van der Waals surface area (Å²) >= 11 is 7.44. The largest absolute Gasteiger partial charge is 0.355 e. The smallest absolute Gasteiger partial charge is 0.230 e. The van der Waals surface area contributed by atoms with Crippen LogP contribution in [0.15, 0.2) is 11.2 Å². The predicted molar refractivity (Wildman–Crippen MR) is 109 cm³/mol. The highest BCUT2D eigenvalue weighted by atomic mass is 35.5. The molecule has 0 saturated carbocycles. The summed E-state index contributed by atoms with van der Waals surface area (Å²) in [5.41, 5.74) is 0. The molecule has 0 aliphatic carbocycles. The van der Waals surface area contributed by atoms with Crippen LogP contribution < -0.4 is 10.2 Å². The minimum atomic E-state index is -0.0425. The SMILES string of the molecule is CCC(=O)N1CCN(c2cc(Cl)nc(SCC(=O)NCC(C)C)n2)CC1C. The average Bonchev–Trinajstić information content (AvgIpc) is 2.63. The first-order chi connectivity index (χ1) is 12.8. The fourth-order valence-electron chi connectivity index (χ4n) is 2.85. The lowest BCUT2D eigenvalue weighted by atomic mass is 10.1. The Labute approximate surface area is 170 Å². The molecule has 9 heteroatoms. The number of halogens is 1. The molecule has 1 aromatic rings. The molecular formula is C18H28ClN5O2S. The van der Waals surface area contributed by atoms with Gasteiger partial charge in [0.05, 0.1) is 5.75 Å². The van der Waals surface area contributed by atoms with Gasteiger partial charge in [-0.3, -0.25) is 9.59 Å². The zero-order valence-corrected chi connectivity index (χ0v) is 17.9. The molecule has 1 aliphatic heterocycles. The first-order valence-corrected chi connectivity index (χ1v) is 10.6. The second-order valence-corrected chi connectivity index (χ2v) is 8.38. The molecule has 1 unspecified atom stereocenters. The van der Waals surface area contributed by atoms with Gasteiger partial charge in [0.2, 0.25) is 11.8 Å². The molecule has 1 atom stereocenters. The van der Waals surface area contributed by atoms with E-state index in [0.29, 0.717) is 48.8 Å². The minimum absolute atomic E-state index is 0.0425. The van der Waals surface area contributed by atoms with Crippen LogP contribution in [-0.2, 0) is 9.59 Å². The van der Waals surface area contributed by atoms with Crippen molar-refractivity contribution in [1.29, 1.82) is 0 Å². The minimum Gasteiger partial charge on any atom is -0.355 e. The summed E-state index contributed by atoms with van der Waals surface area (Å²) in [6.45, 7) is 10.7. The van der Waals surface area contributed by atoms with Crippen LogP contribution in [0, 0.1) is 5.92 Å². The maximum atomic E-state index is 12.0. The standard InChI is InChI=1S/C18H28ClN5O2S/c1-5-17(26)24-7-6-23(10-13(24)4)15-8-14(19)21-18(22-15)27-11-16(25)20-9-12(2)3/h8,12-13H,5-7,9-11H2,1-4H3,(H,20,25). The van der Waals surface area contributed by atoms with Crippen molar-refractivity contribution in [2.24, 2.45) is 5.92 Å². The molecule has 2 heterocycles. The van der Waals surface area contributed by atoms with E-state index in [4.69, 9.17) is 11.6 Å². The highest BCUT2D eigenvalue weighted by Crippen LogP contribution is 2.24. The number of aromatic nitrogens is 2. The molecule has 7 nitrogen and oxygen atoms in total. The molecule has 0 aromatic carbocycles. The van der Waals surface area contributed by atoms with E-state index in [1.807, 2.05) is 18.7 Å². The first-order valence-electron chi connectivity index (χ1n) is 9.28. The predicted octanol–water partition coefficient (Wildman–Crippen LogP) is 2.44. The maximum absolute atomic E-state index is 12.0. The van der Waals surface area contributed by atoms with Crippen molar-refractivity contribution >= 4 is 41.0 Å². The van der Waals surface area contributed by atoms with Crippen molar-refractivity contribution in [2.75, 3.05) is 36.8 Å². The molecule has 1 aliphatic rings. The van der Waals surface area contributed by atoms with Crippen molar-refractivity contribution < 1.29 is 9.59 Å². The van der Waals surface area contributed by atoms with Gasteiger partial charge in [0, 0.05) is 44.7 Å². The second-order valence-electron chi connectivity index (χ2n) is 7.05. The molecule has 150 valence electrons. The Morgan fingerprint density at radius 2 is 2.11 bits per heavy atom. The molecule has 1 fully saturated rings. The monoisotopic (exact) mass is 413 g/mol. The zero-order valence-electron chi connectivity index (χ0n) is 16.4. The lowest BCUT2D eigenvalue weighted by Crippen LogP contribution is -2.54. The van der Waals surface area contributed by atoms with Crippen molar-refractivity contribution in [2.45, 2.75) is 45.3 Å². The Hall–Kier alpha value is -1.54. The van der Waals surface area contributed by atoms with Crippen molar-refractivity contribution in [3.63, 3.8) is 0 Å². The van der Waals surface area contributed by atoms with Gasteiger partial charge in [-0.2, -0.15) is 0 Å². The topological polar surface area (TPSA) is 78.4 Å². The Kier molecular flexibility index (Phi) is 8.16. The summed E-state index contributed by atoms with van der Waals surface area (Å²) < 4.78 is 0. The number of hydrogen-bond acceptors (Lipinski definition) is 6. The van der Waals surface area contributed by atoms with Gasteiger partial charge in [-0.05, 0) is 12.8 Å². The van der Waals surface area contributed by atoms with Crippen molar-refractivity contribution in [1.82, 2.24) is 20.2 Å². The summed E-state index contributed by atoms with van der Waals surface area (Å²) in [6, 6.07) is 1.84. The van der Waals surface area contributed by atoms with Gasteiger partial charge in [0.1, 0.15) is 11.0 Å². The summed E-state index contributed by atoms with van der Waals surface area (Å²) in [4.78, 5) is 36.7. The summed E-state index contributed by atoms with van der Waals surface area (Å²) in [5, 5.41) is 3.71. The number of rotatable bonds is 7. The quantitative estimate of drug-likeness (QED) is 0.420. The summed E-state index contributed by atoms with van der Waals surface area (Å²) in [5.74, 6) is 1.52. The number of nitrogens with one attached hydrogen (secondary N) is 1. The third-order valence-electron chi connectivity index (χ3n) is 4.27. The molecule has 27 heavy (non-hydrogen) atoms. The number of thioether (sulfide) groups is 1. The van der Waals surface area contributed by atoms with E-state index in [-0.39, 0.29) is 23.6 Å². The Morgan fingerprint density at radius 1 is 1.37 bits per heavy atom. The van der Waals surface area contributed by atoms with Crippen LogP contribution in [0.2, 0.25) is 5.15 Å². The molecular weight excluding hydrogens is 386 g/mol. The number of carbonyl (C=O) groups is 2. The van der Waals surface area contributed by atoms with E-state index >= 15 is 0 Å². The number of nitrogens with zero attached hydrogens (tertiary/aromatic N) is 4. The molecule has 1 aromatic heterocycles. The van der Waals surface area contributed by atoms with Gasteiger partial charge in [-0.25, -0.2) is 9.97 Å². The van der Waals surface area contributed by atoms with Crippen molar-refractivity contribution in [3.05, 3.63) is 11.2 Å². The molecule has 0 spiro atoms. The summed E-state index contributed by atoms with van der Waals surface area (Å²) in [7, 11) is 0. The number of carbonyl (C=O) groups excluding carboxylic acids is 2. The highest BCUT2D eigenvalue weighted by molar-refractivity contribution is 7.99. The molecule has 2 rings (SSSR count). The van der Waals surface area contributed by atoms with Crippen LogP contribution >= 0.6 is 23.4 Å². The molecule has 1 N–H and O–H groups in total. The number of piperazine rings is 1. The van der Waals surface area contributed by atoms with Gasteiger partial charge < -0.3 is 15.1 Å². The fourth-order valence-corrected chi connectivity index (χ4v) is 3.76. The van der Waals surface area contributed by atoms with E-state index in [1.165, 1.54) is 11.8 Å². The van der Waals surface area contributed by atoms with Gasteiger partial charge in [-0.15, -0.1) is 0 Å². The average molecular weight is 414 g/mol. The first kappa shape index (κ1) is 21.8. The normalized spacial score (nSPS) is 17.3. The van der Waals surface area contributed by atoms with Crippen LogP contribution in [0.25, 0.3) is 0 Å². The van der Waals surface area contributed by atoms with E-state index < -0.39 is 0 Å². The van der Waals surface area contributed by atoms with Crippen LogP contribution in [-0.4, -0.2) is 64.7 Å². The van der Waals surface area contributed by atoms with Crippen LogP contribution in [0.1, 0.15) is 34.1 Å². The van der Waals surface area contributed by atoms with E-state index in [1.54, 1.807) is 6.07 Å². The number of anilines is 1. The van der Waals surface area contributed by atoms with Gasteiger partial charge in [-0.1, -0.05) is 44.1 Å². The maximum Gasteiger partial charge on any atom is 0.230 e. The zero-order chi connectivity index (χ0) is 20.0. The lowest BCUT2D eigenvalue weighted by Gasteiger charge is -2.40. The van der Waals surface area contributed by atoms with Crippen molar-refractivity contribution in [3.8, 4) is 0 Å². The highest BCUT2D eigenvalue weighted by Gasteiger charge is 2.27. The second kappa shape index (κ2) is 10.1. The van der Waals surface area contributed by atoms with E-state index in [2.05, 4.69) is 34.0 Å². The molecule has 0 bridgehead atoms. The van der Waals surface area contributed by atoms with E-state index in [0.717, 1.165) is 5.82 Å².